The van der Waals surface area contributed by atoms with Crippen molar-refractivity contribution in [3.05, 3.63) is 0 Å². The molecule has 4 N–H and O–H groups in total. The summed E-state index contributed by atoms with van der Waals surface area (Å²) < 4.78 is 0. The van der Waals surface area contributed by atoms with Gasteiger partial charge < -0.3 is 26.6 Å². The van der Waals surface area contributed by atoms with Crippen LogP contribution in [0.3, 0.4) is 0 Å². The van der Waals surface area contributed by atoms with Crippen LogP contribution >= 0.6 is 0 Å². The summed E-state index contributed by atoms with van der Waals surface area (Å²) in [6, 6.07) is 0. The Labute approximate surface area is 97.9 Å². The summed E-state index contributed by atoms with van der Waals surface area (Å²) in [5, 5.41) is 0. The minimum Gasteiger partial charge on any atom is -1.00 e. The molecule has 0 rings (SSSR count). The summed E-state index contributed by atoms with van der Waals surface area (Å²) >= 11 is 0. The molecule has 0 saturated carbocycles. The first kappa shape index (κ1) is 134. The molecule has 4 nitrogen and oxygen atoms in total. The number of hydrogen-bond acceptors (Lipinski definition) is 4. The summed E-state index contributed by atoms with van der Waals surface area (Å²) in [4.78, 5) is 0. The molecule has 0 radical (unpaired) electrons. The van der Waals surface area contributed by atoms with Crippen LogP contribution < -0.4 is 56.1 Å². The van der Waals surface area contributed by atoms with Crippen molar-refractivity contribution in [3.8, 4) is 0 Å². The van der Waals surface area contributed by atoms with Gasteiger partial charge in [-0.15, -0.1) is 0 Å². The second-order valence-electron chi connectivity index (χ2n) is 0. The predicted molar refractivity (Wildman–Crippen MR) is 7.74 cm³/mol. The smallest absolute Gasteiger partial charge is 1.00 e. The van der Waals surface area contributed by atoms with Gasteiger partial charge in [0, 0.05) is 21.7 Å². The van der Waals surface area contributed by atoms with Crippen molar-refractivity contribution < 1.29 is 99.7 Å². The second-order valence-corrected chi connectivity index (χ2v) is 0. The first-order valence-corrected chi connectivity index (χ1v) is 0. The van der Waals surface area contributed by atoms with Gasteiger partial charge in [-0.2, -0.15) is 0 Å². The first-order chi connectivity index (χ1) is 0. The van der Waals surface area contributed by atoms with E-state index in [1.165, 1.54) is 0 Å². The Kier molecular flexibility index (Phi) is 1750. The number of hydrogen-bond donors (Lipinski definition) is 0. The molecule has 7 heteroatoms. The average molecular weight is 174 g/mol. The van der Waals surface area contributed by atoms with Gasteiger partial charge >= 0.3 is 51.4 Å². The fraction of sp³-hybridized carbons (Fsp3) is 0. The summed E-state index contributed by atoms with van der Waals surface area (Å²) in [6.07, 6.45) is 0. The molecule has 0 aliphatic rings. The van der Waals surface area contributed by atoms with E-state index in [4.69, 9.17) is 0 Å². The van der Waals surface area contributed by atoms with E-state index >= 15 is 0 Å². The minimum atomic E-state index is 0. The zero-order valence-corrected chi connectivity index (χ0v) is 8.35. The second kappa shape index (κ2) is 91.6. The van der Waals surface area contributed by atoms with Crippen molar-refractivity contribution >= 4 is 0 Å². The van der Waals surface area contributed by atoms with E-state index in [2.05, 4.69) is 0 Å². The van der Waals surface area contributed by atoms with E-state index in [-0.39, 0.29) is 99.7 Å². The molecule has 0 aliphatic carbocycles. The van der Waals surface area contributed by atoms with Crippen LogP contribution in [0.5, 0.6) is 0 Å². The largest absolute Gasteiger partial charge is 1.00 e. The molecule has 0 aromatic carbocycles. The van der Waals surface area contributed by atoms with Gasteiger partial charge in [-0.25, -0.2) is 0 Å². The van der Waals surface area contributed by atoms with Crippen molar-refractivity contribution in [1.29, 1.82) is 0 Å². The third kappa shape index (κ3) is 67.6. The van der Waals surface area contributed by atoms with E-state index in [1.807, 2.05) is 0 Å². The van der Waals surface area contributed by atoms with Gasteiger partial charge in [-0.3, -0.25) is 0 Å². The number of rotatable bonds is 0. The third-order valence-corrected chi connectivity index (χ3v) is 0. The van der Waals surface area contributed by atoms with E-state index < -0.39 is 0 Å². The third-order valence-electron chi connectivity index (χ3n) is 0. The van der Waals surface area contributed by atoms with Gasteiger partial charge in [-0.1, -0.05) is 0 Å². The van der Waals surface area contributed by atoms with Crippen molar-refractivity contribution in [2.75, 3.05) is 0 Å². The molecule has 0 unspecified atom stereocenters. The Bertz CT molecular complexity index is 11.7. The van der Waals surface area contributed by atoms with E-state index in [0.717, 1.165) is 0 Å². The van der Waals surface area contributed by atoms with Crippen LogP contribution in [0.15, 0.2) is 0 Å². The topological polar surface area (TPSA) is 120 Å². The van der Waals surface area contributed by atoms with Crippen LogP contribution in [-0.4, -0.2) is 21.9 Å². The minimum absolute atomic E-state index is 0. The molecular weight excluding hydrogens is 170 g/mol. The molecule has 0 aromatic rings. The quantitative estimate of drug-likeness (QED) is 0.339. The van der Waals surface area contributed by atoms with Crippen LogP contribution in [0.25, 0.3) is 0 Å². The molecule has 0 fully saturated rings. The summed E-state index contributed by atoms with van der Waals surface area (Å²) in [5.41, 5.74) is 0. The number of halogens is 1. The predicted octanol–water partition coefficient (Wildman–Crippen LogP) is -6.70. The average Bonchev–Trinajstić information content (AvgIpc) is 0. The van der Waals surface area contributed by atoms with Gasteiger partial charge in [0.05, 0.1) is 0 Å². The SMILES string of the molecule is [F-].[K+].[OH-].[OH-].[OH-].[OH-].[Ti]. The van der Waals surface area contributed by atoms with Crippen molar-refractivity contribution in [2.45, 2.75) is 0 Å². The van der Waals surface area contributed by atoms with Crippen LogP contribution in [0.4, 0.5) is 0 Å². The maximum atomic E-state index is 0. The monoisotopic (exact) mass is 174 g/mol. The Morgan fingerprint density at radius 1 is 0.571 bits per heavy atom. The van der Waals surface area contributed by atoms with Crippen LogP contribution in [0.2, 0.25) is 0 Å². The van der Waals surface area contributed by atoms with Crippen molar-refractivity contribution in [1.82, 2.24) is 0 Å². The maximum Gasteiger partial charge on any atom is 1.00 e. The van der Waals surface area contributed by atoms with Crippen LogP contribution in [-0.2, 0) is 21.7 Å². The molecular formula is H4FKO4Ti-4. The maximum absolute atomic E-state index is 0. The standard InChI is InChI=1S/FH.K.4H2O.Ti/h1H;;4*1H2;/q;+1;;;;;/p-5. The Balaban J connectivity index is 0. The normalized spacial score (nSPS) is 0. The Morgan fingerprint density at radius 2 is 0.571 bits per heavy atom. The van der Waals surface area contributed by atoms with Gasteiger partial charge in [0.2, 0.25) is 0 Å². The molecule has 44 valence electrons. The van der Waals surface area contributed by atoms with Gasteiger partial charge in [0.1, 0.15) is 0 Å². The van der Waals surface area contributed by atoms with E-state index in [9.17, 15) is 0 Å². The molecule has 0 spiro atoms. The van der Waals surface area contributed by atoms with Gasteiger partial charge in [0.25, 0.3) is 0 Å². The molecule has 0 aliphatic heterocycles. The molecule has 0 atom stereocenters. The van der Waals surface area contributed by atoms with Crippen molar-refractivity contribution in [3.63, 3.8) is 0 Å². The summed E-state index contributed by atoms with van der Waals surface area (Å²) in [7, 11) is 0. The first-order valence-electron chi connectivity index (χ1n) is 0. The van der Waals surface area contributed by atoms with Crippen LogP contribution in [0.1, 0.15) is 0 Å². The van der Waals surface area contributed by atoms with E-state index in [1.54, 1.807) is 0 Å². The van der Waals surface area contributed by atoms with Crippen molar-refractivity contribution in [2.24, 2.45) is 0 Å². The van der Waals surface area contributed by atoms with Gasteiger partial charge in [-0.05, 0) is 0 Å². The Hall–Kier alpha value is 2.12. The van der Waals surface area contributed by atoms with Gasteiger partial charge in [0.15, 0.2) is 0 Å². The zero-order valence-electron chi connectivity index (χ0n) is 3.67. The fourth-order valence-electron chi connectivity index (χ4n) is 0. The molecule has 0 heterocycles. The zero-order chi connectivity index (χ0) is 0. The molecule has 0 amide bonds. The van der Waals surface area contributed by atoms with E-state index in [0.29, 0.717) is 0 Å². The Morgan fingerprint density at radius 3 is 0.571 bits per heavy atom. The van der Waals surface area contributed by atoms with Crippen LogP contribution in [0, 0.1) is 0 Å². The molecule has 0 saturated heterocycles. The molecule has 0 aromatic heterocycles. The fourth-order valence-corrected chi connectivity index (χ4v) is 0. The summed E-state index contributed by atoms with van der Waals surface area (Å²) in [5.74, 6) is 0. The molecule has 0 bridgehead atoms. The summed E-state index contributed by atoms with van der Waals surface area (Å²) in [6.45, 7) is 0. The molecule has 7 heavy (non-hydrogen) atoms.